The first-order valence-corrected chi connectivity index (χ1v) is 8.97. The molecule has 0 amide bonds. The second kappa shape index (κ2) is 7.90. The van der Waals surface area contributed by atoms with Crippen LogP contribution in [0.5, 0.6) is 0 Å². The van der Waals surface area contributed by atoms with E-state index in [0.717, 1.165) is 29.6 Å². The Morgan fingerprint density at radius 1 is 1.19 bits per heavy atom. The van der Waals surface area contributed by atoms with Crippen LogP contribution in [0.1, 0.15) is 37.9 Å². The quantitative estimate of drug-likeness (QED) is 0.659. The predicted octanol–water partition coefficient (Wildman–Crippen LogP) is 4.93. The van der Waals surface area contributed by atoms with Crippen molar-refractivity contribution in [1.82, 2.24) is 9.88 Å². The molecule has 114 valence electrons. The smallest absolute Gasteiger partial charge is 0.0708 e. The fourth-order valence-electron chi connectivity index (χ4n) is 3.05. The largest absolute Gasteiger partial charge is 0.295 e. The molecular formula is C18H25BrN2. The van der Waals surface area contributed by atoms with E-state index in [1.54, 1.807) is 0 Å². The second-order valence-electron chi connectivity index (χ2n) is 5.57. The SMILES string of the molecule is CCC(CC)N(CCBr)Cc1cc(C)nc2ccccc12. The molecule has 0 saturated heterocycles. The van der Waals surface area contributed by atoms with Crippen molar-refractivity contribution in [2.24, 2.45) is 0 Å². The number of pyridine rings is 1. The summed E-state index contributed by atoms with van der Waals surface area (Å²) >= 11 is 3.60. The number of fused-ring (bicyclic) bond motifs is 1. The lowest BCUT2D eigenvalue weighted by Crippen LogP contribution is -2.35. The molecule has 2 nitrogen and oxygen atoms in total. The Labute approximate surface area is 136 Å². The third-order valence-corrected chi connectivity index (χ3v) is 4.49. The average molecular weight is 349 g/mol. The summed E-state index contributed by atoms with van der Waals surface area (Å²) in [5.41, 5.74) is 3.61. The summed E-state index contributed by atoms with van der Waals surface area (Å²) in [6, 6.07) is 11.4. The first-order chi connectivity index (χ1) is 10.2. The van der Waals surface area contributed by atoms with Gasteiger partial charge in [0.2, 0.25) is 0 Å². The minimum absolute atomic E-state index is 0.648. The third-order valence-electron chi connectivity index (χ3n) is 4.13. The van der Waals surface area contributed by atoms with Gasteiger partial charge >= 0.3 is 0 Å². The van der Waals surface area contributed by atoms with Crippen molar-refractivity contribution >= 4 is 26.8 Å². The molecule has 1 aromatic heterocycles. The van der Waals surface area contributed by atoms with Crippen LogP contribution in [-0.2, 0) is 6.54 Å². The lowest BCUT2D eigenvalue weighted by Gasteiger charge is -2.30. The highest BCUT2D eigenvalue weighted by molar-refractivity contribution is 9.09. The Bertz CT molecular complexity index is 578. The standard InChI is InChI=1S/C18H25BrN2/c1-4-16(5-2)21(11-10-19)13-15-12-14(3)20-18-9-7-6-8-17(15)18/h6-9,12,16H,4-5,10-11,13H2,1-3H3. The Kier molecular flexibility index (Phi) is 6.19. The molecule has 0 bridgehead atoms. The number of aromatic nitrogens is 1. The molecule has 0 atom stereocenters. The Balaban J connectivity index is 2.35. The Morgan fingerprint density at radius 3 is 2.57 bits per heavy atom. The summed E-state index contributed by atoms with van der Waals surface area (Å²) in [7, 11) is 0. The molecule has 0 saturated carbocycles. The van der Waals surface area contributed by atoms with E-state index >= 15 is 0 Å². The molecular weight excluding hydrogens is 324 g/mol. The molecule has 2 aromatic rings. The predicted molar refractivity (Wildman–Crippen MR) is 95.1 cm³/mol. The normalized spacial score (nSPS) is 11.7. The van der Waals surface area contributed by atoms with Crippen molar-refractivity contribution in [3.63, 3.8) is 0 Å². The lowest BCUT2D eigenvalue weighted by atomic mass is 10.0. The summed E-state index contributed by atoms with van der Waals surface area (Å²) in [5, 5.41) is 2.31. The highest BCUT2D eigenvalue weighted by Gasteiger charge is 2.16. The summed E-state index contributed by atoms with van der Waals surface area (Å²) in [4.78, 5) is 7.24. The van der Waals surface area contributed by atoms with E-state index in [2.05, 4.69) is 76.9 Å². The van der Waals surface area contributed by atoms with Crippen LogP contribution in [0.2, 0.25) is 0 Å². The zero-order valence-electron chi connectivity index (χ0n) is 13.3. The van der Waals surface area contributed by atoms with Gasteiger partial charge < -0.3 is 0 Å². The maximum absolute atomic E-state index is 4.65. The molecule has 0 spiro atoms. The molecule has 21 heavy (non-hydrogen) atoms. The van der Waals surface area contributed by atoms with Gasteiger partial charge in [0.1, 0.15) is 0 Å². The van der Waals surface area contributed by atoms with Crippen LogP contribution in [0.25, 0.3) is 10.9 Å². The number of para-hydroxylation sites is 1. The van der Waals surface area contributed by atoms with Crippen LogP contribution < -0.4 is 0 Å². The van der Waals surface area contributed by atoms with Gasteiger partial charge in [-0.05, 0) is 37.5 Å². The molecule has 2 rings (SSSR count). The summed E-state index contributed by atoms with van der Waals surface area (Å²) in [6.45, 7) is 8.74. The van der Waals surface area contributed by atoms with Crippen molar-refractivity contribution in [2.75, 3.05) is 11.9 Å². The van der Waals surface area contributed by atoms with Crippen LogP contribution in [0.4, 0.5) is 0 Å². The number of benzene rings is 1. The van der Waals surface area contributed by atoms with Gasteiger partial charge in [-0.15, -0.1) is 0 Å². The van der Waals surface area contributed by atoms with E-state index in [1.807, 2.05) is 0 Å². The summed E-state index contributed by atoms with van der Waals surface area (Å²) < 4.78 is 0. The minimum atomic E-state index is 0.648. The van der Waals surface area contributed by atoms with Gasteiger partial charge in [0.05, 0.1) is 5.52 Å². The van der Waals surface area contributed by atoms with E-state index in [0.29, 0.717) is 6.04 Å². The first kappa shape index (κ1) is 16.4. The van der Waals surface area contributed by atoms with Gasteiger partial charge in [0.25, 0.3) is 0 Å². The highest BCUT2D eigenvalue weighted by Crippen LogP contribution is 2.22. The zero-order chi connectivity index (χ0) is 15.2. The van der Waals surface area contributed by atoms with Gasteiger partial charge in [-0.25, -0.2) is 0 Å². The number of nitrogens with zero attached hydrogens (tertiary/aromatic N) is 2. The summed E-state index contributed by atoms with van der Waals surface area (Å²) in [5.74, 6) is 0. The van der Waals surface area contributed by atoms with E-state index in [1.165, 1.54) is 23.8 Å². The maximum atomic E-state index is 4.65. The molecule has 0 aliphatic rings. The van der Waals surface area contributed by atoms with E-state index in [9.17, 15) is 0 Å². The average Bonchev–Trinajstić information content (AvgIpc) is 2.48. The van der Waals surface area contributed by atoms with Gasteiger partial charge in [0.15, 0.2) is 0 Å². The van der Waals surface area contributed by atoms with Gasteiger partial charge in [0, 0.05) is 35.5 Å². The Morgan fingerprint density at radius 2 is 1.90 bits per heavy atom. The van der Waals surface area contributed by atoms with Crippen LogP contribution in [0.3, 0.4) is 0 Å². The molecule has 1 aromatic carbocycles. The van der Waals surface area contributed by atoms with Gasteiger partial charge in [-0.1, -0.05) is 48.0 Å². The first-order valence-electron chi connectivity index (χ1n) is 7.84. The number of hydrogen-bond acceptors (Lipinski definition) is 2. The van der Waals surface area contributed by atoms with E-state index in [-0.39, 0.29) is 0 Å². The van der Waals surface area contributed by atoms with Gasteiger partial charge in [-0.2, -0.15) is 0 Å². The number of aryl methyl sites for hydroxylation is 1. The third kappa shape index (κ3) is 4.04. The molecule has 0 unspecified atom stereocenters. The van der Waals surface area contributed by atoms with Crippen molar-refractivity contribution in [1.29, 1.82) is 0 Å². The van der Waals surface area contributed by atoms with Crippen LogP contribution >= 0.6 is 15.9 Å². The van der Waals surface area contributed by atoms with E-state index < -0.39 is 0 Å². The molecule has 1 heterocycles. The fourth-order valence-corrected chi connectivity index (χ4v) is 3.50. The van der Waals surface area contributed by atoms with Crippen molar-refractivity contribution in [2.45, 2.75) is 46.2 Å². The van der Waals surface area contributed by atoms with Crippen molar-refractivity contribution in [3.05, 3.63) is 41.6 Å². The molecule has 0 N–H and O–H groups in total. The highest BCUT2D eigenvalue weighted by atomic mass is 79.9. The van der Waals surface area contributed by atoms with Gasteiger partial charge in [-0.3, -0.25) is 9.88 Å². The molecule has 0 aliphatic heterocycles. The monoisotopic (exact) mass is 348 g/mol. The van der Waals surface area contributed by atoms with Crippen molar-refractivity contribution in [3.8, 4) is 0 Å². The molecule has 0 aliphatic carbocycles. The van der Waals surface area contributed by atoms with E-state index in [4.69, 9.17) is 0 Å². The van der Waals surface area contributed by atoms with Crippen molar-refractivity contribution < 1.29 is 0 Å². The number of halogens is 1. The summed E-state index contributed by atoms with van der Waals surface area (Å²) in [6.07, 6.45) is 2.40. The minimum Gasteiger partial charge on any atom is -0.295 e. The number of rotatable bonds is 7. The number of alkyl halides is 1. The number of hydrogen-bond donors (Lipinski definition) is 0. The molecule has 0 radical (unpaired) electrons. The molecule has 3 heteroatoms. The van der Waals surface area contributed by atoms with Crippen LogP contribution in [0.15, 0.2) is 30.3 Å². The second-order valence-corrected chi connectivity index (χ2v) is 6.36. The Hall–Kier alpha value is -0.930. The van der Waals surface area contributed by atoms with Crippen LogP contribution in [-0.4, -0.2) is 27.8 Å². The van der Waals surface area contributed by atoms with Crippen LogP contribution in [0, 0.1) is 6.92 Å². The zero-order valence-corrected chi connectivity index (χ0v) is 14.9. The lowest BCUT2D eigenvalue weighted by molar-refractivity contribution is 0.190. The fraction of sp³-hybridized carbons (Fsp3) is 0.500. The maximum Gasteiger partial charge on any atom is 0.0708 e. The topological polar surface area (TPSA) is 16.1 Å². The molecule has 0 fully saturated rings.